The van der Waals surface area contributed by atoms with Crippen LogP contribution in [-0.4, -0.2) is 27.3 Å². The third-order valence-corrected chi connectivity index (χ3v) is 3.02. The number of hydrogen-bond acceptors (Lipinski definition) is 3. The second-order valence-electron chi connectivity index (χ2n) is 3.75. The Hall–Kier alpha value is -0.900. The van der Waals surface area contributed by atoms with Crippen LogP contribution in [0.15, 0.2) is 24.3 Å². The van der Waals surface area contributed by atoms with Crippen LogP contribution in [0, 0.1) is 0 Å². The maximum Gasteiger partial charge on any atom is 0.207 e. The van der Waals surface area contributed by atoms with Gasteiger partial charge in [0.05, 0.1) is 6.54 Å². The third kappa shape index (κ3) is 1.78. The summed E-state index contributed by atoms with van der Waals surface area (Å²) in [5.41, 5.74) is 2.44. The van der Waals surface area contributed by atoms with Gasteiger partial charge >= 0.3 is 0 Å². The minimum absolute atomic E-state index is 0.632. The second kappa shape index (κ2) is 4.31. The van der Waals surface area contributed by atoms with Crippen molar-refractivity contribution in [2.75, 3.05) is 27.3 Å². The molecular weight excluding hydrogens is 190 g/mol. The maximum atomic E-state index is 5.55. The number of ether oxygens (including phenoxy) is 2. The summed E-state index contributed by atoms with van der Waals surface area (Å²) >= 11 is 0. The molecule has 0 fully saturated rings. The average Bonchev–Trinajstić information content (AvgIpc) is 2.49. The molecule has 1 heterocycles. The topological polar surface area (TPSA) is 30.5 Å². The largest absolute Gasteiger partial charge is 0.348 e. The highest BCUT2D eigenvalue weighted by Crippen LogP contribution is 2.30. The third-order valence-electron chi connectivity index (χ3n) is 3.02. The SMILES string of the molecule is COC1(OC)CNCCc2ccccc21. The normalized spacial score (nSPS) is 19.3. The lowest BCUT2D eigenvalue weighted by atomic mass is 9.98. The van der Waals surface area contributed by atoms with E-state index in [1.165, 1.54) is 5.56 Å². The Morgan fingerprint density at radius 3 is 2.67 bits per heavy atom. The molecule has 3 nitrogen and oxygen atoms in total. The second-order valence-corrected chi connectivity index (χ2v) is 3.75. The van der Waals surface area contributed by atoms with Crippen molar-refractivity contribution in [3.05, 3.63) is 35.4 Å². The van der Waals surface area contributed by atoms with Gasteiger partial charge < -0.3 is 14.8 Å². The van der Waals surface area contributed by atoms with Gasteiger partial charge in [-0.1, -0.05) is 24.3 Å². The van der Waals surface area contributed by atoms with Gasteiger partial charge in [0.25, 0.3) is 0 Å². The van der Waals surface area contributed by atoms with Gasteiger partial charge in [-0.15, -0.1) is 0 Å². The van der Waals surface area contributed by atoms with Crippen LogP contribution >= 0.6 is 0 Å². The van der Waals surface area contributed by atoms with E-state index >= 15 is 0 Å². The highest BCUT2D eigenvalue weighted by atomic mass is 16.7. The van der Waals surface area contributed by atoms with E-state index in [0.717, 1.165) is 18.5 Å². The molecule has 0 radical (unpaired) electrons. The van der Waals surface area contributed by atoms with Crippen LogP contribution in [-0.2, 0) is 21.7 Å². The molecule has 1 N–H and O–H groups in total. The molecule has 15 heavy (non-hydrogen) atoms. The molecule has 1 aromatic rings. The Bertz CT molecular complexity index is 334. The smallest absolute Gasteiger partial charge is 0.207 e. The van der Waals surface area contributed by atoms with E-state index in [1.807, 2.05) is 6.07 Å². The summed E-state index contributed by atoms with van der Waals surface area (Å²) in [6.45, 7) is 1.66. The Morgan fingerprint density at radius 2 is 1.93 bits per heavy atom. The summed E-state index contributed by atoms with van der Waals surface area (Å²) in [5.74, 6) is -0.632. The van der Waals surface area contributed by atoms with Crippen molar-refractivity contribution in [3.8, 4) is 0 Å². The zero-order valence-corrected chi connectivity index (χ0v) is 9.25. The summed E-state index contributed by atoms with van der Waals surface area (Å²) < 4.78 is 11.1. The van der Waals surface area contributed by atoms with Gasteiger partial charge in [-0.2, -0.15) is 0 Å². The van der Waals surface area contributed by atoms with Gasteiger partial charge in [-0.3, -0.25) is 0 Å². The number of rotatable bonds is 2. The molecule has 0 saturated heterocycles. The van der Waals surface area contributed by atoms with Gasteiger partial charge in [0.15, 0.2) is 0 Å². The summed E-state index contributed by atoms with van der Waals surface area (Å²) in [4.78, 5) is 0. The molecule has 0 saturated carbocycles. The van der Waals surface area contributed by atoms with Crippen LogP contribution < -0.4 is 5.32 Å². The van der Waals surface area contributed by atoms with Crippen molar-refractivity contribution in [1.29, 1.82) is 0 Å². The Kier molecular flexibility index (Phi) is 3.05. The lowest BCUT2D eigenvalue weighted by Crippen LogP contribution is -2.40. The first-order valence-electron chi connectivity index (χ1n) is 5.22. The van der Waals surface area contributed by atoms with Gasteiger partial charge in [0, 0.05) is 19.8 Å². The van der Waals surface area contributed by atoms with E-state index in [9.17, 15) is 0 Å². The number of methoxy groups -OCH3 is 2. The molecule has 0 aliphatic carbocycles. The number of hydrogen-bond donors (Lipinski definition) is 1. The highest BCUT2D eigenvalue weighted by Gasteiger charge is 2.35. The lowest BCUT2D eigenvalue weighted by molar-refractivity contribution is -0.211. The standard InChI is InChI=1S/C12H17NO2/c1-14-12(15-2)9-13-8-7-10-5-3-4-6-11(10)12/h3-6,13H,7-9H2,1-2H3. The van der Waals surface area contributed by atoms with Crippen LogP contribution in [0.5, 0.6) is 0 Å². The van der Waals surface area contributed by atoms with E-state index in [1.54, 1.807) is 14.2 Å². The van der Waals surface area contributed by atoms with Crippen LogP contribution in [0.3, 0.4) is 0 Å². The number of fused-ring (bicyclic) bond motifs is 1. The first-order valence-corrected chi connectivity index (χ1v) is 5.22. The van der Waals surface area contributed by atoms with E-state index < -0.39 is 5.79 Å². The van der Waals surface area contributed by atoms with E-state index in [2.05, 4.69) is 23.5 Å². The van der Waals surface area contributed by atoms with Gasteiger partial charge in [-0.05, 0) is 18.5 Å². The van der Waals surface area contributed by atoms with Crippen molar-refractivity contribution in [2.45, 2.75) is 12.2 Å². The summed E-state index contributed by atoms with van der Waals surface area (Å²) in [5, 5.41) is 3.34. The summed E-state index contributed by atoms with van der Waals surface area (Å²) in [6.07, 6.45) is 1.02. The lowest BCUT2D eigenvalue weighted by Gasteiger charge is -2.31. The van der Waals surface area contributed by atoms with E-state index in [4.69, 9.17) is 9.47 Å². The minimum Gasteiger partial charge on any atom is -0.348 e. The van der Waals surface area contributed by atoms with Crippen LogP contribution in [0.2, 0.25) is 0 Å². The zero-order chi connectivity index (χ0) is 10.7. The molecular formula is C12H17NO2. The number of benzene rings is 1. The predicted molar refractivity (Wildman–Crippen MR) is 58.7 cm³/mol. The summed E-state index contributed by atoms with van der Waals surface area (Å²) in [7, 11) is 3.38. The van der Waals surface area contributed by atoms with Gasteiger partial charge in [0.2, 0.25) is 5.79 Å². The molecule has 0 amide bonds. The van der Waals surface area contributed by atoms with Crippen LogP contribution in [0.4, 0.5) is 0 Å². The van der Waals surface area contributed by atoms with Crippen LogP contribution in [0.1, 0.15) is 11.1 Å². The molecule has 0 atom stereocenters. The molecule has 0 bridgehead atoms. The first kappa shape index (κ1) is 10.6. The Labute approximate surface area is 90.4 Å². The van der Waals surface area contributed by atoms with Crippen molar-refractivity contribution in [3.63, 3.8) is 0 Å². The van der Waals surface area contributed by atoms with Gasteiger partial charge in [0.1, 0.15) is 0 Å². The quantitative estimate of drug-likeness (QED) is 0.741. The predicted octanol–water partition coefficient (Wildman–Crippen LogP) is 1.28. The monoisotopic (exact) mass is 207 g/mol. The highest BCUT2D eigenvalue weighted by molar-refractivity contribution is 5.32. The minimum atomic E-state index is -0.632. The van der Waals surface area contributed by atoms with Crippen molar-refractivity contribution >= 4 is 0 Å². The Morgan fingerprint density at radius 1 is 1.20 bits per heavy atom. The fourth-order valence-electron chi connectivity index (χ4n) is 2.13. The molecule has 0 spiro atoms. The Balaban J connectivity index is 2.49. The van der Waals surface area contributed by atoms with Crippen LogP contribution in [0.25, 0.3) is 0 Å². The molecule has 1 aliphatic heterocycles. The fourth-order valence-corrected chi connectivity index (χ4v) is 2.13. The molecule has 2 rings (SSSR count). The first-order chi connectivity index (χ1) is 7.32. The molecule has 1 aromatic carbocycles. The average molecular weight is 207 g/mol. The molecule has 0 unspecified atom stereocenters. The van der Waals surface area contributed by atoms with Crippen molar-refractivity contribution in [2.24, 2.45) is 0 Å². The van der Waals surface area contributed by atoms with Crippen molar-refractivity contribution < 1.29 is 9.47 Å². The van der Waals surface area contributed by atoms with Gasteiger partial charge in [-0.25, -0.2) is 0 Å². The van der Waals surface area contributed by atoms with E-state index in [-0.39, 0.29) is 0 Å². The maximum absolute atomic E-state index is 5.55. The molecule has 82 valence electrons. The molecule has 1 aliphatic rings. The molecule has 0 aromatic heterocycles. The van der Waals surface area contributed by atoms with Crippen molar-refractivity contribution in [1.82, 2.24) is 5.32 Å². The summed E-state index contributed by atoms with van der Waals surface area (Å²) in [6, 6.07) is 8.29. The fraction of sp³-hybridized carbons (Fsp3) is 0.500. The zero-order valence-electron chi connectivity index (χ0n) is 9.25. The van der Waals surface area contributed by atoms with E-state index in [0.29, 0.717) is 6.54 Å². The molecule has 3 heteroatoms. The number of nitrogens with one attached hydrogen (secondary N) is 1.